The third kappa shape index (κ3) is 2.59. The topological polar surface area (TPSA) is 110 Å². The quantitative estimate of drug-likeness (QED) is 0.662. The van der Waals surface area contributed by atoms with Gasteiger partial charge >= 0.3 is 0 Å². The number of hydrogen-bond donors (Lipinski definition) is 3. The Morgan fingerprint density at radius 2 is 2.22 bits per heavy atom. The van der Waals surface area contributed by atoms with Gasteiger partial charge in [0.1, 0.15) is 17.3 Å². The number of anilines is 2. The monoisotopic (exact) mass is 309 g/mol. The third-order valence-corrected chi connectivity index (χ3v) is 4.23. The van der Waals surface area contributed by atoms with Crippen LogP contribution < -0.4 is 16.4 Å². The summed E-state index contributed by atoms with van der Waals surface area (Å²) in [5.41, 5.74) is 14.3. The minimum Gasteiger partial charge on any atom is -0.384 e. The van der Waals surface area contributed by atoms with Gasteiger partial charge < -0.3 is 16.4 Å². The molecule has 0 aromatic carbocycles. The molecule has 3 aromatic heterocycles. The lowest BCUT2D eigenvalue weighted by atomic mass is 10.1. The van der Waals surface area contributed by atoms with Crippen LogP contribution in [0.15, 0.2) is 30.5 Å². The average Bonchev–Trinajstić information content (AvgIpc) is 2.98. The van der Waals surface area contributed by atoms with E-state index in [0.29, 0.717) is 5.82 Å². The fourth-order valence-corrected chi connectivity index (χ4v) is 3.08. The molecule has 1 fully saturated rings. The Morgan fingerprint density at radius 1 is 1.30 bits per heavy atom. The number of nitrogens with zero attached hydrogens (tertiary/aromatic N) is 4. The molecule has 118 valence electrons. The number of fused-ring (bicyclic) bond motifs is 1. The largest absolute Gasteiger partial charge is 0.384 e. The SMILES string of the molecule is Nc1cc2c(-c3cccc(N4CCC[C@H](N)C4)n3)n[nH]c2cn1. The maximum atomic E-state index is 6.08. The first-order chi connectivity index (χ1) is 11.2. The van der Waals surface area contributed by atoms with Gasteiger partial charge in [0.2, 0.25) is 0 Å². The summed E-state index contributed by atoms with van der Waals surface area (Å²) >= 11 is 0. The van der Waals surface area contributed by atoms with Crippen molar-refractivity contribution in [1.82, 2.24) is 20.2 Å². The van der Waals surface area contributed by atoms with Crippen molar-refractivity contribution in [3.63, 3.8) is 0 Å². The number of nitrogen functional groups attached to an aromatic ring is 1. The summed E-state index contributed by atoms with van der Waals surface area (Å²) in [6, 6.07) is 8.01. The lowest BCUT2D eigenvalue weighted by Crippen LogP contribution is -2.43. The summed E-state index contributed by atoms with van der Waals surface area (Å²) in [4.78, 5) is 11.1. The number of H-pyrrole nitrogens is 1. The summed E-state index contributed by atoms with van der Waals surface area (Å²) in [5.74, 6) is 1.41. The molecule has 7 nitrogen and oxygen atoms in total. The lowest BCUT2D eigenvalue weighted by Gasteiger charge is -2.31. The number of aromatic amines is 1. The van der Waals surface area contributed by atoms with Gasteiger partial charge in [0, 0.05) is 24.5 Å². The van der Waals surface area contributed by atoms with Crippen LogP contribution >= 0.6 is 0 Å². The first-order valence-corrected chi connectivity index (χ1v) is 7.78. The second kappa shape index (κ2) is 5.51. The van der Waals surface area contributed by atoms with Crippen LogP contribution in [0.2, 0.25) is 0 Å². The van der Waals surface area contributed by atoms with Crippen LogP contribution in [0.1, 0.15) is 12.8 Å². The first kappa shape index (κ1) is 14.0. The van der Waals surface area contributed by atoms with E-state index in [9.17, 15) is 0 Å². The van der Waals surface area contributed by atoms with E-state index < -0.39 is 0 Å². The van der Waals surface area contributed by atoms with Gasteiger partial charge in [0.25, 0.3) is 0 Å². The molecule has 0 amide bonds. The van der Waals surface area contributed by atoms with E-state index >= 15 is 0 Å². The van der Waals surface area contributed by atoms with Gasteiger partial charge in [-0.1, -0.05) is 6.07 Å². The Morgan fingerprint density at radius 3 is 3.09 bits per heavy atom. The fraction of sp³-hybridized carbons (Fsp3) is 0.312. The van der Waals surface area contributed by atoms with Gasteiger partial charge in [0.15, 0.2) is 0 Å². The van der Waals surface area contributed by atoms with Crippen molar-refractivity contribution < 1.29 is 0 Å². The highest BCUT2D eigenvalue weighted by molar-refractivity contribution is 5.92. The van der Waals surface area contributed by atoms with E-state index in [1.807, 2.05) is 24.3 Å². The highest BCUT2D eigenvalue weighted by Crippen LogP contribution is 2.27. The van der Waals surface area contributed by atoms with E-state index in [1.54, 1.807) is 6.20 Å². The van der Waals surface area contributed by atoms with Crippen LogP contribution in [-0.4, -0.2) is 39.3 Å². The molecule has 23 heavy (non-hydrogen) atoms. The highest BCUT2D eigenvalue weighted by atomic mass is 15.2. The molecular formula is C16H19N7. The van der Waals surface area contributed by atoms with Crippen molar-refractivity contribution in [2.24, 2.45) is 5.73 Å². The van der Waals surface area contributed by atoms with E-state index in [2.05, 4.69) is 20.1 Å². The second-order valence-corrected chi connectivity index (χ2v) is 5.96. The van der Waals surface area contributed by atoms with Gasteiger partial charge in [-0.25, -0.2) is 9.97 Å². The zero-order valence-corrected chi connectivity index (χ0v) is 12.7. The van der Waals surface area contributed by atoms with E-state index in [1.165, 1.54) is 0 Å². The zero-order chi connectivity index (χ0) is 15.8. The van der Waals surface area contributed by atoms with E-state index in [0.717, 1.165) is 54.0 Å². The Bertz CT molecular complexity index is 841. The molecule has 4 rings (SSSR count). The molecule has 1 atom stereocenters. The molecule has 7 heteroatoms. The number of nitrogens with one attached hydrogen (secondary N) is 1. The number of hydrogen-bond acceptors (Lipinski definition) is 6. The number of aromatic nitrogens is 4. The Labute approximate surface area is 133 Å². The van der Waals surface area contributed by atoms with Crippen molar-refractivity contribution in [3.8, 4) is 11.4 Å². The molecule has 0 unspecified atom stereocenters. The molecule has 4 heterocycles. The highest BCUT2D eigenvalue weighted by Gasteiger charge is 2.19. The summed E-state index contributed by atoms with van der Waals surface area (Å²) < 4.78 is 0. The Kier molecular flexibility index (Phi) is 3.34. The van der Waals surface area contributed by atoms with Crippen molar-refractivity contribution in [3.05, 3.63) is 30.5 Å². The lowest BCUT2D eigenvalue weighted by molar-refractivity contribution is 0.503. The molecule has 1 aliphatic heterocycles. The molecule has 0 bridgehead atoms. The summed E-state index contributed by atoms with van der Waals surface area (Å²) in [7, 11) is 0. The molecule has 1 saturated heterocycles. The maximum Gasteiger partial charge on any atom is 0.129 e. The number of rotatable bonds is 2. The molecule has 1 aliphatic rings. The van der Waals surface area contributed by atoms with Crippen LogP contribution in [0.4, 0.5) is 11.6 Å². The number of pyridine rings is 2. The van der Waals surface area contributed by atoms with Crippen LogP contribution in [0.25, 0.3) is 22.3 Å². The Balaban J connectivity index is 1.74. The van der Waals surface area contributed by atoms with Crippen LogP contribution in [0, 0.1) is 0 Å². The predicted octanol–water partition coefficient (Wildman–Crippen LogP) is 1.53. The van der Waals surface area contributed by atoms with Crippen LogP contribution in [-0.2, 0) is 0 Å². The molecule has 0 aliphatic carbocycles. The minimum atomic E-state index is 0.214. The van der Waals surface area contributed by atoms with Gasteiger partial charge in [-0.15, -0.1) is 0 Å². The van der Waals surface area contributed by atoms with Gasteiger partial charge in [-0.05, 0) is 31.0 Å². The second-order valence-electron chi connectivity index (χ2n) is 5.96. The molecule has 3 aromatic rings. The van der Waals surface area contributed by atoms with Crippen LogP contribution in [0.3, 0.4) is 0 Å². The number of piperidine rings is 1. The minimum absolute atomic E-state index is 0.214. The molecule has 0 spiro atoms. The molecule has 5 N–H and O–H groups in total. The van der Waals surface area contributed by atoms with Crippen molar-refractivity contribution >= 4 is 22.5 Å². The van der Waals surface area contributed by atoms with Gasteiger partial charge in [0.05, 0.1) is 17.4 Å². The third-order valence-electron chi connectivity index (χ3n) is 4.23. The molecule has 0 saturated carbocycles. The van der Waals surface area contributed by atoms with Gasteiger partial charge in [-0.2, -0.15) is 5.10 Å². The normalized spacial score (nSPS) is 18.5. The van der Waals surface area contributed by atoms with Gasteiger partial charge in [-0.3, -0.25) is 5.10 Å². The fourth-order valence-electron chi connectivity index (χ4n) is 3.08. The first-order valence-electron chi connectivity index (χ1n) is 7.78. The van der Waals surface area contributed by atoms with E-state index in [4.69, 9.17) is 16.5 Å². The average molecular weight is 309 g/mol. The maximum absolute atomic E-state index is 6.08. The Hall–Kier alpha value is -2.67. The summed E-state index contributed by atoms with van der Waals surface area (Å²) in [6.45, 7) is 1.83. The zero-order valence-electron chi connectivity index (χ0n) is 12.7. The summed E-state index contributed by atoms with van der Waals surface area (Å²) in [6.07, 6.45) is 3.86. The molecule has 0 radical (unpaired) electrons. The standard InChI is InChI=1S/C16H19N7/c17-10-3-2-6-23(9-10)15-5-1-4-12(20-15)16-11-7-14(18)19-8-13(11)21-22-16/h1,4-5,7-8,10H,2-3,6,9,17H2,(H2,18,19)(H,21,22)/t10-/m0/s1. The predicted molar refractivity (Wildman–Crippen MR) is 91.0 cm³/mol. The van der Waals surface area contributed by atoms with E-state index in [-0.39, 0.29) is 6.04 Å². The van der Waals surface area contributed by atoms with Crippen molar-refractivity contribution in [2.75, 3.05) is 23.7 Å². The van der Waals surface area contributed by atoms with Crippen LogP contribution in [0.5, 0.6) is 0 Å². The van der Waals surface area contributed by atoms with Crippen molar-refractivity contribution in [2.45, 2.75) is 18.9 Å². The smallest absolute Gasteiger partial charge is 0.129 e. The number of nitrogens with two attached hydrogens (primary N) is 2. The molecular weight excluding hydrogens is 290 g/mol. The summed E-state index contributed by atoms with van der Waals surface area (Å²) in [5, 5.41) is 8.29. The van der Waals surface area contributed by atoms with Crippen molar-refractivity contribution in [1.29, 1.82) is 0 Å².